The highest BCUT2D eigenvalue weighted by atomic mass is 16.6. The maximum atomic E-state index is 9.37. The lowest BCUT2D eigenvalue weighted by molar-refractivity contribution is -0.225. The van der Waals surface area contributed by atoms with Crippen LogP contribution in [0.5, 0.6) is 0 Å². The molecule has 0 bridgehead atoms. The summed E-state index contributed by atoms with van der Waals surface area (Å²) in [5.41, 5.74) is 0. The molecule has 0 aromatic heterocycles. The number of rotatable bonds is 3. The molecule has 1 aliphatic heterocycles. The fraction of sp³-hybridized carbons (Fsp3) is 1.00. The average Bonchev–Trinajstić information content (AvgIpc) is 2.11. The number of aliphatic hydroxyl groups excluding tert-OH is 1. The smallest absolute Gasteiger partial charge is 0.157 e. The van der Waals surface area contributed by atoms with Gasteiger partial charge in [-0.2, -0.15) is 0 Å². The van der Waals surface area contributed by atoms with Gasteiger partial charge in [0.25, 0.3) is 0 Å². The molecular formula is C9H18O4. The van der Waals surface area contributed by atoms with Gasteiger partial charge >= 0.3 is 0 Å². The predicted molar refractivity (Wildman–Crippen MR) is 47.3 cm³/mol. The number of hydrogen-bond acceptors (Lipinski definition) is 4. The molecule has 4 atom stereocenters. The third-order valence-corrected chi connectivity index (χ3v) is 2.57. The SMILES string of the molecule is COC[C@H]1OC(O)C[C@@H](OC)[C@@H]1C. The molecule has 1 N–H and O–H groups in total. The highest BCUT2D eigenvalue weighted by molar-refractivity contribution is 4.80. The summed E-state index contributed by atoms with van der Waals surface area (Å²) < 4.78 is 15.6. The molecule has 0 saturated carbocycles. The topological polar surface area (TPSA) is 47.9 Å². The van der Waals surface area contributed by atoms with Crippen molar-refractivity contribution in [2.45, 2.75) is 31.8 Å². The third kappa shape index (κ3) is 2.64. The zero-order valence-corrected chi connectivity index (χ0v) is 8.40. The first-order valence-electron chi connectivity index (χ1n) is 4.54. The van der Waals surface area contributed by atoms with Gasteiger partial charge in [0.2, 0.25) is 0 Å². The fourth-order valence-electron chi connectivity index (χ4n) is 1.70. The quantitative estimate of drug-likeness (QED) is 0.699. The van der Waals surface area contributed by atoms with Crippen LogP contribution in [0.2, 0.25) is 0 Å². The fourth-order valence-corrected chi connectivity index (χ4v) is 1.70. The molecule has 78 valence electrons. The van der Waals surface area contributed by atoms with Gasteiger partial charge in [-0.15, -0.1) is 0 Å². The van der Waals surface area contributed by atoms with Crippen LogP contribution in [0.4, 0.5) is 0 Å². The van der Waals surface area contributed by atoms with Crippen molar-refractivity contribution in [3.8, 4) is 0 Å². The zero-order valence-electron chi connectivity index (χ0n) is 8.40. The molecular weight excluding hydrogens is 172 g/mol. The molecule has 13 heavy (non-hydrogen) atoms. The molecule has 4 heteroatoms. The molecule has 4 nitrogen and oxygen atoms in total. The average molecular weight is 190 g/mol. The number of ether oxygens (including phenoxy) is 3. The lowest BCUT2D eigenvalue weighted by Crippen LogP contribution is -2.45. The molecule has 1 unspecified atom stereocenters. The minimum Gasteiger partial charge on any atom is -0.382 e. The van der Waals surface area contributed by atoms with Crippen molar-refractivity contribution in [2.24, 2.45) is 5.92 Å². The van der Waals surface area contributed by atoms with Crippen LogP contribution in [0.1, 0.15) is 13.3 Å². The van der Waals surface area contributed by atoms with E-state index in [0.29, 0.717) is 13.0 Å². The molecule has 1 saturated heterocycles. The Morgan fingerprint density at radius 1 is 1.46 bits per heavy atom. The van der Waals surface area contributed by atoms with Crippen molar-refractivity contribution in [3.63, 3.8) is 0 Å². The van der Waals surface area contributed by atoms with Crippen LogP contribution in [-0.4, -0.2) is 44.4 Å². The largest absolute Gasteiger partial charge is 0.382 e. The summed E-state index contributed by atoms with van der Waals surface area (Å²) in [7, 11) is 3.28. The Labute approximate surface area is 78.8 Å². The third-order valence-electron chi connectivity index (χ3n) is 2.57. The molecule has 0 aromatic rings. The monoisotopic (exact) mass is 190 g/mol. The van der Waals surface area contributed by atoms with Gasteiger partial charge in [0, 0.05) is 26.6 Å². The predicted octanol–water partition coefficient (Wildman–Crippen LogP) is 0.391. The maximum Gasteiger partial charge on any atom is 0.157 e. The van der Waals surface area contributed by atoms with E-state index in [9.17, 15) is 5.11 Å². The molecule has 1 aliphatic rings. The van der Waals surface area contributed by atoms with Crippen LogP contribution in [0.25, 0.3) is 0 Å². The Balaban J connectivity index is 2.52. The second-order valence-corrected chi connectivity index (χ2v) is 3.45. The highest BCUT2D eigenvalue weighted by Gasteiger charge is 2.35. The highest BCUT2D eigenvalue weighted by Crippen LogP contribution is 2.26. The van der Waals surface area contributed by atoms with E-state index in [1.54, 1.807) is 14.2 Å². The summed E-state index contributed by atoms with van der Waals surface area (Å²) in [4.78, 5) is 0. The molecule has 1 heterocycles. The summed E-state index contributed by atoms with van der Waals surface area (Å²) in [5, 5.41) is 9.37. The molecule has 0 aromatic carbocycles. The summed E-state index contributed by atoms with van der Waals surface area (Å²) in [5.74, 6) is 0.258. The molecule has 0 amide bonds. The van der Waals surface area contributed by atoms with Gasteiger partial charge in [0.1, 0.15) is 0 Å². The van der Waals surface area contributed by atoms with E-state index in [-0.39, 0.29) is 18.1 Å². The second kappa shape index (κ2) is 4.91. The van der Waals surface area contributed by atoms with Gasteiger partial charge < -0.3 is 19.3 Å². The lowest BCUT2D eigenvalue weighted by Gasteiger charge is -2.37. The number of methoxy groups -OCH3 is 2. The van der Waals surface area contributed by atoms with E-state index < -0.39 is 6.29 Å². The summed E-state index contributed by atoms with van der Waals surface area (Å²) in [6, 6.07) is 0. The first kappa shape index (κ1) is 10.9. The van der Waals surface area contributed by atoms with Crippen molar-refractivity contribution in [3.05, 3.63) is 0 Å². The van der Waals surface area contributed by atoms with E-state index in [1.807, 2.05) is 6.92 Å². The van der Waals surface area contributed by atoms with Crippen molar-refractivity contribution in [1.29, 1.82) is 0 Å². The Kier molecular flexibility index (Phi) is 4.12. The van der Waals surface area contributed by atoms with E-state index in [0.717, 1.165) is 0 Å². The van der Waals surface area contributed by atoms with Crippen molar-refractivity contribution in [2.75, 3.05) is 20.8 Å². The molecule has 1 fully saturated rings. The lowest BCUT2D eigenvalue weighted by atomic mass is 9.93. The van der Waals surface area contributed by atoms with Gasteiger partial charge in [0.15, 0.2) is 6.29 Å². The Morgan fingerprint density at radius 3 is 2.69 bits per heavy atom. The van der Waals surface area contributed by atoms with Crippen molar-refractivity contribution in [1.82, 2.24) is 0 Å². The number of aliphatic hydroxyl groups is 1. The summed E-state index contributed by atoms with van der Waals surface area (Å²) >= 11 is 0. The first-order valence-corrected chi connectivity index (χ1v) is 4.54. The normalized spacial score (nSPS) is 40.6. The Hall–Kier alpha value is -0.160. The standard InChI is InChI=1S/C9H18O4/c1-6-7(12-3)4-9(10)13-8(6)5-11-2/h6-10H,4-5H2,1-3H3/t6-,7+,8+,9?/m0/s1. The van der Waals surface area contributed by atoms with Gasteiger partial charge in [-0.05, 0) is 0 Å². The summed E-state index contributed by atoms with van der Waals surface area (Å²) in [6.07, 6.45) is -0.193. The van der Waals surface area contributed by atoms with Crippen molar-refractivity contribution < 1.29 is 19.3 Å². The molecule has 0 radical (unpaired) electrons. The van der Waals surface area contributed by atoms with Crippen LogP contribution < -0.4 is 0 Å². The molecule has 1 rings (SSSR count). The van der Waals surface area contributed by atoms with Crippen LogP contribution in [-0.2, 0) is 14.2 Å². The van der Waals surface area contributed by atoms with Gasteiger partial charge in [-0.25, -0.2) is 0 Å². The minimum atomic E-state index is -0.721. The Bertz CT molecular complexity index is 151. The van der Waals surface area contributed by atoms with Gasteiger partial charge in [0.05, 0.1) is 18.8 Å². The van der Waals surface area contributed by atoms with Gasteiger partial charge in [-0.1, -0.05) is 6.92 Å². The van der Waals surface area contributed by atoms with E-state index in [2.05, 4.69) is 0 Å². The molecule has 0 spiro atoms. The summed E-state index contributed by atoms with van der Waals surface area (Å²) in [6.45, 7) is 2.54. The van der Waals surface area contributed by atoms with Crippen LogP contribution >= 0.6 is 0 Å². The van der Waals surface area contributed by atoms with Gasteiger partial charge in [-0.3, -0.25) is 0 Å². The Morgan fingerprint density at radius 2 is 2.15 bits per heavy atom. The van der Waals surface area contributed by atoms with Crippen LogP contribution in [0.15, 0.2) is 0 Å². The van der Waals surface area contributed by atoms with Crippen molar-refractivity contribution >= 4 is 0 Å². The number of hydrogen-bond donors (Lipinski definition) is 1. The second-order valence-electron chi connectivity index (χ2n) is 3.45. The minimum absolute atomic E-state index is 0.0592. The van der Waals surface area contributed by atoms with Crippen LogP contribution in [0, 0.1) is 5.92 Å². The van der Waals surface area contributed by atoms with E-state index in [4.69, 9.17) is 14.2 Å². The van der Waals surface area contributed by atoms with E-state index >= 15 is 0 Å². The zero-order chi connectivity index (χ0) is 9.84. The molecule has 0 aliphatic carbocycles. The van der Waals surface area contributed by atoms with Crippen LogP contribution in [0.3, 0.4) is 0 Å². The van der Waals surface area contributed by atoms with E-state index in [1.165, 1.54) is 0 Å². The maximum absolute atomic E-state index is 9.37. The first-order chi connectivity index (χ1) is 6.19.